The molecule has 0 saturated carbocycles. The summed E-state index contributed by atoms with van der Waals surface area (Å²) in [4.78, 5) is 9.25. The van der Waals surface area contributed by atoms with Crippen molar-refractivity contribution in [2.75, 3.05) is 17.2 Å². The first-order chi connectivity index (χ1) is 15.6. The van der Waals surface area contributed by atoms with Crippen LogP contribution in [0.3, 0.4) is 0 Å². The van der Waals surface area contributed by atoms with E-state index in [2.05, 4.69) is 14.5 Å². The average molecular weight is 562 g/mol. The summed E-state index contributed by atoms with van der Waals surface area (Å²) in [5.74, 6) is -1.56. The zero-order valence-corrected chi connectivity index (χ0v) is 19.5. The first kappa shape index (κ1) is 27.1. The van der Waals surface area contributed by atoms with Crippen LogP contribution in [0.4, 0.5) is 47.3 Å². The summed E-state index contributed by atoms with van der Waals surface area (Å²) in [6.45, 7) is 21.7. The predicted octanol–water partition coefficient (Wildman–Crippen LogP) is 7.04. The van der Waals surface area contributed by atoms with Gasteiger partial charge >= 0.3 is 0 Å². The van der Waals surface area contributed by atoms with Crippen LogP contribution < -0.4 is 17.2 Å². The van der Waals surface area contributed by atoms with Crippen molar-refractivity contribution in [2.24, 2.45) is 0 Å². The van der Waals surface area contributed by atoms with Crippen LogP contribution in [0.25, 0.3) is 14.5 Å². The van der Waals surface area contributed by atoms with Crippen molar-refractivity contribution in [3.63, 3.8) is 0 Å². The number of benzene rings is 3. The van der Waals surface area contributed by atoms with E-state index >= 15 is 0 Å². The van der Waals surface area contributed by atoms with E-state index in [0.29, 0.717) is 21.2 Å². The third-order valence-corrected chi connectivity index (χ3v) is 4.91. The normalized spacial score (nSPS) is 9.15. The molecule has 3 rings (SSSR count). The molecular weight excluding hydrogens is 544 g/mol. The fourth-order valence-corrected chi connectivity index (χ4v) is 2.81. The molecule has 0 atom stereocenters. The van der Waals surface area contributed by atoms with Gasteiger partial charge in [-0.25, -0.2) is 27.7 Å². The molecule has 10 heteroatoms. The molecule has 0 radical (unpaired) electrons. The highest BCUT2D eigenvalue weighted by molar-refractivity contribution is 14.1. The second-order valence-electron chi connectivity index (χ2n) is 6.22. The summed E-state index contributed by atoms with van der Waals surface area (Å²) < 4.78 is 38.8. The van der Waals surface area contributed by atoms with E-state index in [1.807, 2.05) is 29.5 Å². The molecule has 0 amide bonds. The Hall–Kier alpha value is -3.95. The van der Waals surface area contributed by atoms with Gasteiger partial charge in [-0.3, -0.25) is 0 Å². The lowest BCUT2D eigenvalue weighted by Crippen LogP contribution is -1.96. The number of rotatable bonds is 1. The number of hydrogen-bond acceptors (Lipinski definition) is 3. The smallest absolute Gasteiger partial charge is 0.191 e. The Balaban J connectivity index is 0.000000249. The van der Waals surface area contributed by atoms with E-state index in [0.717, 1.165) is 18.2 Å². The van der Waals surface area contributed by atoms with Crippen molar-refractivity contribution in [3.05, 3.63) is 103 Å². The third-order valence-electron chi connectivity index (χ3n) is 4.02. The highest BCUT2D eigenvalue weighted by Crippen LogP contribution is 2.25. The molecule has 0 aliphatic heterocycles. The maximum absolute atomic E-state index is 12.9. The van der Waals surface area contributed by atoms with Crippen LogP contribution in [-0.2, 0) is 6.42 Å². The van der Waals surface area contributed by atoms with Crippen molar-refractivity contribution >= 4 is 56.7 Å². The van der Waals surface area contributed by atoms with Crippen molar-refractivity contribution in [2.45, 2.75) is 13.3 Å². The van der Waals surface area contributed by atoms with Gasteiger partial charge in [0.15, 0.2) is 17.1 Å². The van der Waals surface area contributed by atoms with Gasteiger partial charge in [-0.05, 0) is 64.9 Å². The van der Waals surface area contributed by atoms with Gasteiger partial charge in [-0.1, -0.05) is 19.1 Å². The van der Waals surface area contributed by atoms with Crippen LogP contribution in [0.1, 0.15) is 12.5 Å². The zero-order valence-electron chi connectivity index (χ0n) is 17.3. The Bertz CT molecular complexity index is 1250. The Morgan fingerprint density at radius 3 is 1.67 bits per heavy atom. The van der Waals surface area contributed by atoms with Crippen LogP contribution in [0.5, 0.6) is 0 Å². The van der Waals surface area contributed by atoms with E-state index in [1.165, 1.54) is 12.1 Å². The highest BCUT2D eigenvalue weighted by Gasteiger charge is 2.06. The summed E-state index contributed by atoms with van der Waals surface area (Å²) >= 11 is 1.89. The van der Waals surface area contributed by atoms with Crippen molar-refractivity contribution in [1.82, 2.24) is 0 Å². The van der Waals surface area contributed by atoms with E-state index in [1.54, 1.807) is 12.1 Å². The van der Waals surface area contributed by atoms with E-state index in [9.17, 15) is 13.2 Å². The minimum absolute atomic E-state index is 0.0763. The van der Waals surface area contributed by atoms with Crippen LogP contribution in [0.15, 0.2) is 42.5 Å². The first-order valence-electron chi connectivity index (χ1n) is 9.07. The molecule has 0 aromatic heterocycles. The van der Waals surface area contributed by atoms with Crippen LogP contribution in [0.2, 0.25) is 0 Å². The minimum atomic E-state index is -0.534. The molecule has 33 heavy (non-hydrogen) atoms. The standard InChI is InChI=1S/C9H9FN2.C7H4FIN2.C7H5FN2/c1-3-6-4-7(12-2)5-8(10)9(6)11;1-11-4-2-5(8)7(10)6(9)3-4;1-10-5-2-3-7(9)6(8)4-5/h4-5H,3,11H2,1H3;2-3H,10H2;2-4H,9H2. The monoisotopic (exact) mass is 562 g/mol. The third kappa shape index (κ3) is 7.91. The van der Waals surface area contributed by atoms with E-state index in [4.69, 9.17) is 36.9 Å². The molecule has 0 heterocycles. The van der Waals surface area contributed by atoms with Gasteiger partial charge in [0, 0.05) is 3.57 Å². The lowest BCUT2D eigenvalue weighted by Gasteiger charge is -2.03. The number of anilines is 3. The van der Waals surface area contributed by atoms with Crippen LogP contribution >= 0.6 is 22.6 Å². The van der Waals surface area contributed by atoms with Gasteiger partial charge in [0.1, 0.15) is 17.5 Å². The predicted molar refractivity (Wildman–Crippen MR) is 133 cm³/mol. The Kier molecular flexibility index (Phi) is 10.5. The Morgan fingerprint density at radius 2 is 1.21 bits per heavy atom. The quantitative estimate of drug-likeness (QED) is 0.169. The fraction of sp³-hybridized carbons (Fsp3) is 0.0870. The second-order valence-corrected chi connectivity index (χ2v) is 7.38. The zero-order chi connectivity index (χ0) is 25.1. The Labute approximate surface area is 203 Å². The molecule has 6 nitrogen and oxygen atoms in total. The number of nitrogens with two attached hydrogens (primary N) is 3. The lowest BCUT2D eigenvalue weighted by molar-refractivity contribution is 0.631. The molecule has 0 aliphatic carbocycles. The Morgan fingerprint density at radius 1 is 0.727 bits per heavy atom. The van der Waals surface area contributed by atoms with Gasteiger partial charge in [0.2, 0.25) is 0 Å². The molecule has 0 bridgehead atoms. The number of hydrogen-bond donors (Lipinski definition) is 3. The topological polar surface area (TPSA) is 91.1 Å². The molecule has 0 fully saturated rings. The SMILES string of the molecule is [C-]#[N+]c1cc(F)c(N)c(CC)c1.[C-]#[N+]c1cc(F)c(N)c(I)c1.[C-]#[N+]c1ccc(N)c(F)c1. The number of nitrogens with zero attached hydrogens (tertiary/aromatic N) is 3. The van der Waals surface area contributed by atoms with Crippen molar-refractivity contribution in [3.8, 4) is 0 Å². The van der Waals surface area contributed by atoms with Gasteiger partial charge in [0.25, 0.3) is 0 Å². The highest BCUT2D eigenvalue weighted by atomic mass is 127. The maximum atomic E-state index is 12.9. The van der Waals surface area contributed by atoms with Crippen molar-refractivity contribution < 1.29 is 13.2 Å². The van der Waals surface area contributed by atoms with Crippen molar-refractivity contribution in [1.29, 1.82) is 0 Å². The van der Waals surface area contributed by atoms with E-state index in [-0.39, 0.29) is 28.4 Å². The molecule has 0 saturated heterocycles. The summed E-state index contributed by atoms with van der Waals surface area (Å²) in [5, 5.41) is 0. The van der Waals surface area contributed by atoms with Gasteiger partial charge in [-0.2, -0.15) is 0 Å². The number of halogens is 4. The largest absolute Gasteiger partial charge is 0.396 e. The second kappa shape index (κ2) is 12.8. The molecule has 3 aromatic rings. The molecule has 0 unspecified atom stereocenters. The first-order valence-corrected chi connectivity index (χ1v) is 10.2. The van der Waals surface area contributed by atoms with E-state index < -0.39 is 17.5 Å². The van der Waals surface area contributed by atoms with Gasteiger partial charge in [0.05, 0.1) is 36.8 Å². The summed E-state index contributed by atoms with van der Waals surface area (Å²) in [5.41, 5.74) is 17.8. The summed E-state index contributed by atoms with van der Waals surface area (Å²) in [6, 6.07) is 9.42. The minimum Gasteiger partial charge on any atom is -0.396 e. The molecule has 3 aromatic carbocycles. The number of nitrogen functional groups attached to an aromatic ring is 3. The molecular formula is C23H18F3IN6. The molecule has 0 aliphatic rings. The summed E-state index contributed by atoms with van der Waals surface area (Å²) in [7, 11) is 0. The summed E-state index contributed by atoms with van der Waals surface area (Å²) in [6.07, 6.45) is 0.645. The van der Waals surface area contributed by atoms with Gasteiger partial charge < -0.3 is 17.2 Å². The maximum Gasteiger partial charge on any atom is 0.191 e. The molecule has 0 spiro atoms. The van der Waals surface area contributed by atoms with Crippen LogP contribution in [0, 0.1) is 40.7 Å². The number of aryl methyl sites for hydroxylation is 1. The lowest BCUT2D eigenvalue weighted by atomic mass is 10.1. The van der Waals surface area contributed by atoms with Gasteiger partial charge in [-0.15, -0.1) is 0 Å². The molecule has 6 N–H and O–H groups in total. The average Bonchev–Trinajstić information content (AvgIpc) is 2.81. The fourth-order valence-electron chi connectivity index (χ4n) is 2.24. The van der Waals surface area contributed by atoms with Crippen LogP contribution in [-0.4, -0.2) is 0 Å². The molecule has 168 valence electrons.